The van der Waals surface area contributed by atoms with E-state index in [1.54, 1.807) is 6.26 Å². The van der Waals surface area contributed by atoms with Crippen molar-refractivity contribution in [1.29, 1.82) is 0 Å². The van der Waals surface area contributed by atoms with Gasteiger partial charge >= 0.3 is 5.97 Å². The summed E-state index contributed by atoms with van der Waals surface area (Å²) >= 11 is 5.58. The number of hydrogen-bond acceptors (Lipinski definition) is 5. The minimum Gasteiger partial charge on any atom is -0.481 e. The Kier molecular flexibility index (Phi) is 8.96. The zero-order valence-corrected chi connectivity index (χ0v) is 20.4. The standard InChI is InChI=1S/C26H38N2O4S/c29-23(30)13-6-2-5-12-19-21-14-15-22(32-21)24(19)25-28-20(17-31-25)26(33)27-16-8-7-11-18-9-3-1-4-10-18/h2,5,17-19,21-22,24H,1,3-4,6-16H2,(H,27,33)(H,29,30)/t19-,21-,22+,24-/m0/s1. The third-order valence-corrected chi connectivity index (χ3v) is 7.97. The summed E-state index contributed by atoms with van der Waals surface area (Å²) in [6.45, 7) is 0.884. The summed E-state index contributed by atoms with van der Waals surface area (Å²) in [6, 6.07) is 0. The lowest BCUT2D eigenvalue weighted by Crippen LogP contribution is -2.26. The molecule has 1 aromatic heterocycles. The molecule has 1 saturated carbocycles. The van der Waals surface area contributed by atoms with Gasteiger partial charge in [-0.15, -0.1) is 0 Å². The normalized spacial score (nSPS) is 27.4. The van der Waals surface area contributed by atoms with E-state index in [1.807, 2.05) is 6.08 Å². The van der Waals surface area contributed by atoms with Crippen molar-refractivity contribution >= 4 is 23.2 Å². The molecular formula is C26H38N2O4S. The molecule has 2 N–H and O–H groups in total. The van der Waals surface area contributed by atoms with Crippen LogP contribution < -0.4 is 5.32 Å². The van der Waals surface area contributed by atoms with Crippen LogP contribution in [0.15, 0.2) is 22.8 Å². The lowest BCUT2D eigenvalue weighted by atomic mass is 9.77. The number of fused-ring (bicyclic) bond motifs is 2. The highest BCUT2D eigenvalue weighted by Gasteiger charge is 2.51. The van der Waals surface area contributed by atoms with Gasteiger partial charge in [-0.25, -0.2) is 4.98 Å². The van der Waals surface area contributed by atoms with Gasteiger partial charge in [0.05, 0.1) is 18.1 Å². The van der Waals surface area contributed by atoms with Crippen molar-refractivity contribution in [1.82, 2.24) is 10.3 Å². The molecule has 0 unspecified atom stereocenters. The van der Waals surface area contributed by atoms with E-state index in [4.69, 9.17) is 31.5 Å². The quantitative estimate of drug-likeness (QED) is 0.226. The molecule has 3 heterocycles. The Morgan fingerprint density at radius 1 is 1.15 bits per heavy atom. The number of oxazole rings is 1. The van der Waals surface area contributed by atoms with E-state index in [1.165, 1.54) is 44.9 Å². The molecule has 0 spiro atoms. The van der Waals surface area contributed by atoms with E-state index in [0.29, 0.717) is 23.0 Å². The number of hydrogen-bond donors (Lipinski definition) is 2. The highest BCUT2D eigenvalue weighted by molar-refractivity contribution is 7.80. The van der Waals surface area contributed by atoms with Crippen LogP contribution in [0, 0.1) is 11.8 Å². The van der Waals surface area contributed by atoms with E-state index in [2.05, 4.69) is 11.4 Å². The van der Waals surface area contributed by atoms with Gasteiger partial charge in [-0.2, -0.15) is 0 Å². The topological polar surface area (TPSA) is 84.6 Å². The van der Waals surface area contributed by atoms with E-state index in [-0.39, 0.29) is 24.5 Å². The van der Waals surface area contributed by atoms with Gasteiger partial charge in [-0.1, -0.05) is 69.3 Å². The molecule has 1 aromatic rings. The number of carbonyl (C=O) groups is 1. The predicted octanol–water partition coefficient (Wildman–Crippen LogP) is 5.76. The minimum absolute atomic E-state index is 0.139. The number of carboxylic acid groups (broad SMARTS) is 1. The second-order valence-electron chi connectivity index (χ2n) is 9.95. The number of nitrogens with zero attached hydrogens (tertiary/aromatic N) is 1. The van der Waals surface area contributed by atoms with Gasteiger partial charge in [0.15, 0.2) is 0 Å². The van der Waals surface area contributed by atoms with Crippen LogP contribution in [-0.2, 0) is 9.53 Å². The van der Waals surface area contributed by atoms with Crippen LogP contribution in [0.25, 0.3) is 0 Å². The van der Waals surface area contributed by atoms with Gasteiger partial charge < -0.3 is 19.6 Å². The molecule has 2 bridgehead atoms. The van der Waals surface area contributed by atoms with Crippen molar-refractivity contribution in [2.24, 2.45) is 11.8 Å². The third-order valence-electron chi connectivity index (χ3n) is 7.61. The maximum Gasteiger partial charge on any atom is 0.303 e. The first-order valence-electron chi connectivity index (χ1n) is 12.9. The van der Waals surface area contributed by atoms with Crippen molar-refractivity contribution < 1.29 is 19.1 Å². The molecule has 3 fully saturated rings. The zero-order chi connectivity index (χ0) is 23.0. The van der Waals surface area contributed by atoms with Gasteiger partial charge in [0, 0.05) is 18.9 Å². The Bertz CT molecular complexity index is 817. The number of ether oxygens (including phenoxy) is 1. The summed E-state index contributed by atoms with van der Waals surface area (Å²) in [7, 11) is 0. The second-order valence-corrected chi connectivity index (χ2v) is 10.4. The van der Waals surface area contributed by atoms with Crippen molar-refractivity contribution in [3.05, 3.63) is 30.0 Å². The monoisotopic (exact) mass is 474 g/mol. The highest BCUT2D eigenvalue weighted by atomic mass is 32.1. The number of aliphatic carboxylic acids is 1. The molecular weight excluding hydrogens is 436 g/mol. The molecule has 3 aliphatic rings. The van der Waals surface area contributed by atoms with Crippen molar-refractivity contribution in [2.75, 3.05) is 6.54 Å². The minimum atomic E-state index is -0.762. The largest absolute Gasteiger partial charge is 0.481 e. The number of carboxylic acids is 1. The molecule has 1 aliphatic carbocycles. The fourth-order valence-corrected chi connectivity index (χ4v) is 6.06. The number of nitrogens with one attached hydrogen (secondary N) is 1. The molecule has 6 nitrogen and oxygen atoms in total. The Balaban J connectivity index is 1.23. The summed E-state index contributed by atoms with van der Waals surface area (Å²) in [6.07, 6.45) is 20.6. The number of aromatic nitrogens is 1. The van der Waals surface area contributed by atoms with Gasteiger partial charge in [-0.05, 0) is 38.0 Å². The van der Waals surface area contributed by atoms with Gasteiger partial charge in [0.1, 0.15) is 16.9 Å². The van der Waals surface area contributed by atoms with Crippen LogP contribution in [0.3, 0.4) is 0 Å². The zero-order valence-electron chi connectivity index (χ0n) is 19.5. The maximum atomic E-state index is 10.7. The number of allylic oxidation sites excluding steroid dienone is 2. The number of rotatable bonds is 12. The van der Waals surface area contributed by atoms with Crippen LogP contribution in [0.2, 0.25) is 0 Å². The third kappa shape index (κ3) is 6.66. The smallest absolute Gasteiger partial charge is 0.303 e. The number of unbranched alkanes of at least 4 members (excludes halogenated alkanes) is 1. The van der Waals surface area contributed by atoms with Crippen molar-refractivity contribution in [3.63, 3.8) is 0 Å². The van der Waals surface area contributed by atoms with Crippen molar-refractivity contribution in [2.45, 2.75) is 102 Å². The molecule has 7 heteroatoms. The first-order valence-corrected chi connectivity index (χ1v) is 13.3. The molecule has 4 atom stereocenters. The van der Waals surface area contributed by atoms with Crippen LogP contribution >= 0.6 is 12.2 Å². The Morgan fingerprint density at radius 3 is 2.79 bits per heavy atom. The summed E-state index contributed by atoms with van der Waals surface area (Å²) in [5.74, 6) is 1.36. The average Bonchev–Trinajstić information content (AvgIpc) is 3.55. The van der Waals surface area contributed by atoms with Crippen LogP contribution in [0.5, 0.6) is 0 Å². The molecule has 0 aromatic carbocycles. The van der Waals surface area contributed by atoms with Crippen molar-refractivity contribution in [3.8, 4) is 0 Å². The van der Waals surface area contributed by atoms with Crippen LogP contribution in [0.4, 0.5) is 0 Å². The predicted molar refractivity (Wildman–Crippen MR) is 131 cm³/mol. The van der Waals surface area contributed by atoms with Gasteiger partial charge in [0.2, 0.25) is 5.89 Å². The fourth-order valence-electron chi connectivity index (χ4n) is 5.87. The highest BCUT2D eigenvalue weighted by Crippen LogP contribution is 2.50. The molecule has 182 valence electrons. The van der Waals surface area contributed by atoms with Gasteiger partial charge in [0.25, 0.3) is 0 Å². The summed E-state index contributed by atoms with van der Waals surface area (Å²) < 4.78 is 12.1. The Morgan fingerprint density at radius 2 is 1.97 bits per heavy atom. The maximum absolute atomic E-state index is 10.7. The van der Waals surface area contributed by atoms with E-state index >= 15 is 0 Å². The molecule has 0 radical (unpaired) electrons. The Hall–Kier alpha value is -1.73. The first kappa shape index (κ1) is 24.4. The lowest BCUT2D eigenvalue weighted by molar-refractivity contribution is -0.136. The van der Waals surface area contributed by atoms with Crippen LogP contribution in [0.1, 0.15) is 101 Å². The molecule has 2 saturated heterocycles. The average molecular weight is 475 g/mol. The van der Waals surface area contributed by atoms with E-state index < -0.39 is 5.97 Å². The second kappa shape index (κ2) is 12.1. The molecule has 0 amide bonds. The van der Waals surface area contributed by atoms with E-state index in [0.717, 1.165) is 44.0 Å². The SMILES string of the molecule is O=C(O)CCC=CC[C@@H]1[C@H](c2nc(C(=S)NCCCCC3CCCCC3)co2)[C@H]2CC[C@@H]1O2. The summed E-state index contributed by atoms with van der Waals surface area (Å²) in [4.78, 5) is 16.1. The molecule has 33 heavy (non-hydrogen) atoms. The summed E-state index contributed by atoms with van der Waals surface area (Å²) in [5, 5.41) is 12.2. The molecule has 4 rings (SSSR count). The first-order chi connectivity index (χ1) is 16.1. The number of thiocarbonyl (C=S) groups is 1. The lowest BCUT2D eigenvalue weighted by Gasteiger charge is -2.24. The fraction of sp³-hybridized carbons (Fsp3) is 0.731. The van der Waals surface area contributed by atoms with E-state index in [9.17, 15) is 4.79 Å². The van der Waals surface area contributed by atoms with Gasteiger partial charge in [-0.3, -0.25) is 4.79 Å². The Labute approximate surface area is 202 Å². The van der Waals surface area contributed by atoms with Crippen LogP contribution in [-0.4, -0.2) is 39.8 Å². The summed E-state index contributed by atoms with van der Waals surface area (Å²) in [5.41, 5.74) is 0.714. The molecule has 2 aliphatic heterocycles.